The predicted octanol–water partition coefficient (Wildman–Crippen LogP) is -0.229. The first-order valence-electron chi connectivity index (χ1n) is 4.64. The molecule has 6 atom stereocenters. The summed E-state index contributed by atoms with van der Waals surface area (Å²) in [6, 6.07) is 0. The van der Waals surface area contributed by atoms with E-state index in [1.807, 2.05) is 0 Å². The third-order valence-electron chi connectivity index (χ3n) is 4.44. The topological polar surface area (TPSA) is 46.2 Å². The second-order valence-electron chi connectivity index (χ2n) is 4.62. The summed E-state index contributed by atoms with van der Waals surface area (Å²) < 4.78 is 0. The van der Waals surface area contributed by atoms with Crippen molar-refractivity contribution in [3.8, 4) is 0 Å². The molecule has 4 aliphatic carbocycles. The number of nitrogens with one attached hydrogen (secondary N) is 1. The first-order chi connectivity index (χ1) is 5.79. The lowest BCUT2D eigenvalue weighted by Crippen LogP contribution is -2.46. The molecule has 1 saturated heterocycles. The molecule has 62 valence electrons. The van der Waals surface area contributed by atoms with Crippen molar-refractivity contribution in [2.75, 3.05) is 0 Å². The molecule has 5 rings (SSSR count). The molecular weight excluding hydrogens is 154 g/mol. The van der Waals surface area contributed by atoms with Crippen LogP contribution in [0.1, 0.15) is 6.42 Å². The van der Waals surface area contributed by atoms with E-state index in [1.165, 1.54) is 0 Å². The van der Waals surface area contributed by atoms with Gasteiger partial charge in [-0.2, -0.15) is 0 Å². The number of imide groups is 1. The van der Waals surface area contributed by atoms with Crippen LogP contribution in [0.15, 0.2) is 0 Å². The highest BCUT2D eigenvalue weighted by Crippen LogP contribution is 2.76. The Hall–Kier alpha value is -0.860. The summed E-state index contributed by atoms with van der Waals surface area (Å²) in [7, 11) is 0. The van der Waals surface area contributed by atoms with E-state index in [1.54, 1.807) is 0 Å². The summed E-state index contributed by atoms with van der Waals surface area (Å²) in [5, 5.41) is 2.48. The number of hydrogen-bond donors (Lipinski definition) is 1. The van der Waals surface area contributed by atoms with Crippen molar-refractivity contribution in [2.45, 2.75) is 6.42 Å². The second-order valence-corrected chi connectivity index (χ2v) is 4.62. The Bertz CT molecular complexity index is 296. The minimum absolute atomic E-state index is 0.0220. The van der Waals surface area contributed by atoms with Gasteiger partial charge in [0.2, 0.25) is 11.8 Å². The van der Waals surface area contributed by atoms with Gasteiger partial charge in [0.05, 0.1) is 0 Å². The monoisotopic (exact) mass is 163 g/mol. The number of carbonyl (C=O) groups excluding carboxylic acids is 2. The van der Waals surface area contributed by atoms with Crippen molar-refractivity contribution in [3.63, 3.8) is 0 Å². The van der Waals surface area contributed by atoms with Crippen LogP contribution in [-0.4, -0.2) is 11.8 Å². The summed E-state index contributed by atoms with van der Waals surface area (Å²) in [6.45, 7) is 0. The molecule has 6 bridgehead atoms. The Morgan fingerprint density at radius 2 is 1.58 bits per heavy atom. The van der Waals surface area contributed by atoms with Crippen molar-refractivity contribution in [1.82, 2.24) is 5.32 Å². The van der Waals surface area contributed by atoms with Crippen molar-refractivity contribution in [2.24, 2.45) is 35.5 Å². The second kappa shape index (κ2) is 1.34. The Kier molecular flexibility index (Phi) is 0.640. The Labute approximate surface area is 69.5 Å². The van der Waals surface area contributed by atoms with Gasteiger partial charge in [-0.15, -0.1) is 0 Å². The third-order valence-corrected chi connectivity index (χ3v) is 4.44. The minimum atomic E-state index is 0.0220. The Morgan fingerprint density at radius 3 is 2.08 bits per heavy atom. The molecule has 0 aromatic rings. The molecule has 3 heteroatoms. The van der Waals surface area contributed by atoms with Gasteiger partial charge in [0, 0.05) is 11.8 Å². The molecule has 0 aromatic heterocycles. The Balaban J connectivity index is 1.93. The summed E-state index contributed by atoms with van der Waals surface area (Å²) in [6.07, 6.45) is 1.16. The summed E-state index contributed by atoms with van der Waals surface area (Å²) in [4.78, 5) is 22.8. The smallest absolute Gasteiger partial charge is 0.230 e. The number of rotatable bonds is 0. The van der Waals surface area contributed by atoms with E-state index in [-0.39, 0.29) is 23.7 Å². The number of piperidine rings is 1. The van der Waals surface area contributed by atoms with Crippen LogP contribution in [0.2, 0.25) is 0 Å². The van der Waals surface area contributed by atoms with E-state index < -0.39 is 0 Å². The van der Waals surface area contributed by atoms with Gasteiger partial charge in [0.25, 0.3) is 0 Å². The van der Waals surface area contributed by atoms with Crippen molar-refractivity contribution in [1.29, 1.82) is 0 Å². The highest BCUT2D eigenvalue weighted by molar-refractivity contribution is 6.03. The molecule has 1 N–H and O–H groups in total. The minimum Gasteiger partial charge on any atom is -0.296 e. The third kappa shape index (κ3) is 0.358. The summed E-state index contributed by atoms with van der Waals surface area (Å²) in [5.74, 6) is 2.89. The average molecular weight is 163 g/mol. The highest BCUT2D eigenvalue weighted by atomic mass is 16.2. The molecule has 4 unspecified atom stereocenters. The van der Waals surface area contributed by atoms with Crippen molar-refractivity contribution >= 4 is 11.8 Å². The molecule has 1 heterocycles. The first kappa shape index (κ1) is 5.73. The van der Waals surface area contributed by atoms with E-state index in [4.69, 9.17) is 0 Å². The highest BCUT2D eigenvalue weighted by Gasteiger charge is 2.78. The molecule has 3 nitrogen and oxygen atoms in total. The molecule has 5 aliphatic rings. The van der Waals surface area contributed by atoms with Crippen LogP contribution in [0.25, 0.3) is 0 Å². The quantitative estimate of drug-likeness (QED) is 0.501. The molecule has 0 radical (unpaired) electrons. The average Bonchev–Trinajstić information content (AvgIpc) is 2.48. The van der Waals surface area contributed by atoms with Crippen LogP contribution < -0.4 is 5.32 Å². The zero-order chi connectivity index (χ0) is 8.03. The molecule has 2 amide bonds. The fourth-order valence-electron chi connectivity index (χ4n) is 4.18. The van der Waals surface area contributed by atoms with Gasteiger partial charge in [-0.25, -0.2) is 0 Å². The number of hydrogen-bond acceptors (Lipinski definition) is 2. The molecule has 12 heavy (non-hydrogen) atoms. The van der Waals surface area contributed by atoms with Gasteiger partial charge in [-0.05, 0) is 30.1 Å². The van der Waals surface area contributed by atoms with E-state index in [2.05, 4.69) is 5.32 Å². The fourth-order valence-corrected chi connectivity index (χ4v) is 4.18. The van der Waals surface area contributed by atoms with Crippen LogP contribution in [0.4, 0.5) is 0 Å². The maximum Gasteiger partial charge on any atom is 0.230 e. The largest absolute Gasteiger partial charge is 0.296 e. The molecule has 4 saturated carbocycles. The zero-order valence-electron chi connectivity index (χ0n) is 6.49. The van der Waals surface area contributed by atoms with Gasteiger partial charge < -0.3 is 0 Å². The zero-order valence-corrected chi connectivity index (χ0v) is 6.49. The number of carbonyl (C=O) groups is 2. The molecule has 0 aromatic carbocycles. The Morgan fingerprint density at radius 1 is 1.00 bits per heavy atom. The molecular formula is C9H9NO2. The van der Waals surface area contributed by atoms with Crippen LogP contribution in [0, 0.1) is 35.5 Å². The van der Waals surface area contributed by atoms with Crippen LogP contribution in [-0.2, 0) is 9.59 Å². The maximum absolute atomic E-state index is 11.4. The standard InChI is InChI=1S/C9H9NO2/c11-8-6-3-1-2-4(6)5(2)7(3)9(12)10-8/h2-7H,1H2,(H,10,11,12)/t2?,3?,4?,5?,6-,7+. The number of amides is 2. The van der Waals surface area contributed by atoms with E-state index >= 15 is 0 Å². The van der Waals surface area contributed by atoms with E-state index in [9.17, 15) is 9.59 Å². The fraction of sp³-hybridized carbons (Fsp3) is 0.778. The predicted molar refractivity (Wildman–Crippen MR) is 38.7 cm³/mol. The summed E-state index contributed by atoms with van der Waals surface area (Å²) >= 11 is 0. The van der Waals surface area contributed by atoms with Crippen LogP contribution in [0.3, 0.4) is 0 Å². The van der Waals surface area contributed by atoms with Crippen LogP contribution in [0.5, 0.6) is 0 Å². The maximum atomic E-state index is 11.4. The van der Waals surface area contributed by atoms with Gasteiger partial charge in [-0.1, -0.05) is 0 Å². The van der Waals surface area contributed by atoms with E-state index in [0.29, 0.717) is 17.8 Å². The van der Waals surface area contributed by atoms with Crippen molar-refractivity contribution < 1.29 is 9.59 Å². The normalized spacial score (nSPS) is 63.7. The van der Waals surface area contributed by atoms with Gasteiger partial charge in [0.1, 0.15) is 0 Å². The lowest BCUT2D eigenvalue weighted by Gasteiger charge is -2.24. The van der Waals surface area contributed by atoms with Crippen LogP contribution >= 0.6 is 0 Å². The van der Waals surface area contributed by atoms with Gasteiger partial charge in [-0.3, -0.25) is 14.9 Å². The van der Waals surface area contributed by atoms with Crippen molar-refractivity contribution in [3.05, 3.63) is 0 Å². The molecule has 1 aliphatic heterocycles. The molecule has 0 spiro atoms. The van der Waals surface area contributed by atoms with Gasteiger partial charge in [0.15, 0.2) is 0 Å². The SMILES string of the molecule is O=C1NC(=O)[C@H]2C3C4CC2[C@H]1C43. The lowest BCUT2D eigenvalue weighted by atomic mass is 9.87. The van der Waals surface area contributed by atoms with Gasteiger partial charge >= 0.3 is 0 Å². The van der Waals surface area contributed by atoms with E-state index in [0.717, 1.165) is 12.3 Å². The summed E-state index contributed by atoms with van der Waals surface area (Å²) in [5.41, 5.74) is 0. The first-order valence-corrected chi connectivity index (χ1v) is 4.64. The molecule has 5 fully saturated rings. The lowest BCUT2D eigenvalue weighted by molar-refractivity contribution is -0.140.